The Labute approximate surface area is 172 Å². The van der Waals surface area contributed by atoms with E-state index in [1.54, 1.807) is 10.9 Å². The molecule has 3 saturated heterocycles. The van der Waals surface area contributed by atoms with Gasteiger partial charge in [-0.25, -0.2) is 0 Å². The van der Waals surface area contributed by atoms with E-state index in [2.05, 4.69) is 45.6 Å². The molecule has 3 aliphatic rings. The lowest BCUT2D eigenvalue weighted by Gasteiger charge is -2.29. The van der Waals surface area contributed by atoms with Crippen LogP contribution in [-0.4, -0.2) is 58.5 Å². The van der Waals surface area contributed by atoms with Crippen molar-refractivity contribution in [3.63, 3.8) is 0 Å². The van der Waals surface area contributed by atoms with Gasteiger partial charge in [-0.05, 0) is 31.7 Å². The maximum absolute atomic E-state index is 12.6. The summed E-state index contributed by atoms with van der Waals surface area (Å²) in [6.45, 7) is 5.76. The zero-order valence-corrected chi connectivity index (χ0v) is 17.3. The minimum absolute atomic E-state index is 0.0148. The molecule has 0 saturated carbocycles. The Hall–Kier alpha value is -2.18. The van der Waals surface area contributed by atoms with Gasteiger partial charge in [0.1, 0.15) is 0 Å². The van der Waals surface area contributed by atoms with Crippen LogP contribution >= 0.6 is 0 Å². The van der Waals surface area contributed by atoms with Crippen molar-refractivity contribution in [2.75, 3.05) is 26.2 Å². The van der Waals surface area contributed by atoms with Crippen LogP contribution in [0.2, 0.25) is 0 Å². The van der Waals surface area contributed by atoms with E-state index in [4.69, 9.17) is 4.74 Å². The molecule has 154 valence electrons. The number of likely N-dealkylation sites (tertiary alicyclic amines) is 1. The monoisotopic (exact) mass is 394 g/mol. The van der Waals surface area contributed by atoms with Crippen molar-refractivity contribution in [2.45, 2.75) is 37.9 Å². The minimum Gasteiger partial charge on any atom is -0.370 e. The van der Waals surface area contributed by atoms with Gasteiger partial charge < -0.3 is 10.1 Å². The van der Waals surface area contributed by atoms with Crippen LogP contribution < -0.4 is 5.32 Å². The highest BCUT2D eigenvalue weighted by atomic mass is 16.5. The van der Waals surface area contributed by atoms with Crippen LogP contribution in [0.25, 0.3) is 0 Å². The molecule has 0 unspecified atom stereocenters. The molecule has 1 amide bonds. The predicted molar refractivity (Wildman–Crippen MR) is 111 cm³/mol. The first kappa shape index (κ1) is 18.8. The fraction of sp³-hybridized carbons (Fsp3) is 0.565. The molecule has 3 aliphatic heterocycles. The van der Waals surface area contributed by atoms with Crippen molar-refractivity contribution < 1.29 is 9.53 Å². The van der Waals surface area contributed by atoms with Crippen LogP contribution in [0, 0.1) is 18.8 Å². The molecule has 2 bridgehead atoms. The van der Waals surface area contributed by atoms with E-state index in [-0.39, 0.29) is 11.5 Å². The third kappa shape index (κ3) is 3.38. The van der Waals surface area contributed by atoms with Gasteiger partial charge in [-0.3, -0.25) is 14.4 Å². The van der Waals surface area contributed by atoms with E-state index in [0.717, 1.165) is 44.6 Å². The first-order chi connectivity index (χ1) is 14.0. The van der Waals surface area contributed by atoms with Crippen molar-refractivity contribution in [1.82, 2.24) is 20.0 Å². The number of aryl methyl sites for hydroxylation is 2. The Balaban J connectivity index is 1.21. The SMILES string of the molecule is Cc1nn(C)cc1C(=O)NC[C@H]1[C@H]2CN(CCc3ccccc3)C[C@]23CC[C@H]1O3. The summed E-state index contributed by atoms with van der Waals surface area (Å²) >= 11 is 0. The number of nitrogens with zero attached hydrogens (tertiary/aromatic N) is 3. The topological polar surface area (TPSA) is 59.4 Å². The molecule has 0 aliphatic carbocycles. The number of carbonyl (C=O) groups excluding carboxylic acids is 1. The number of benzene rings is 1. The van der Waals surface area contributed by atoms with Crippen molar-refractivity contribution in [3.05, 3.63) is 53.3 Å². The number of ether oxygens (including phenoxy) is 1. The standard InChI is InChI=1S/C23H30N4O2/c1-16-19(13-26(2)25-16)22(28)24-12-18-20-14-27(11-9-17-6-4-3-5-7-17)15-23(20)10-8-21(18)29-23/h3-7,13,18,20-21H,8-12,14-15H2,1-2H3,(H,24,28)/t18-,20+,21+,23+/m0/s1. The van der Waals surface area contributed by atoms with E-state index in [1.807, 2.05) is 14.0 Å². The molecule has 1 N–H and O–H groups in total. The lowest BCUT2D eigenvalue weighted by atomic mass is 9.73. The fourth-order valence-electron chi connectivity index (χ4n) is 5.79. The van der Waals surface area contributed by atoms with E-state index in [1.165, 1.54) is 5.56 Å². The summed E-state index contributed by atoms with van der Waals surface area (Å²) in [5.41, 5.74) is 2.85. The number of nitrogens with one attached hydrogen (secondary N) is 1. The molecule has 3 fully saturated rings. The third-order valence-electron chi connectivity index (χ3n) is 7.17. The van der Waals surface area contributed by atoms with Crippen molar-refractivity contribution in [1.29, 1.82) is 0 Å². The van der Waals surface area contributed by atoms with Crippen molar-refractivity contribution >= 4 is 5.91 Å². The average molecular weight is 395 g/mol. The Morgan fingerprint density at radius 1 is 1.34 bits per heavy atom. The van der Waals surface area contributed by atoms with E-state index >= 15 is 0 Å². The molecule has 5 rings (SSSR count). The Morgan fingerprint density at radius 3 is 2.93 bits per heavy atom. The smallest absolute Gasteiger partial charge is 0.254 e. The van der Waals surface area contributed by atoms with E-state index in [9.17, 15) is 4.79 Å². The van der Waals surface area contributed by atoms with Crippen LogP contribution in [0.15, 0.2) is 36.5 Å². The Kier molecular flexibility index (Phi) is 4.71. The fourth-order valence-corrected chi connectivity index (χ4v) is 5.79. The van der Waals surface area contributed by atoms with Crippen LogP contribution in [0.5, 0.6) is 0 Å². The quantitative estimate of drug-likeness (QED) is 0.816. The zero-order valence-electron chi connectivity index (χ0n) is 17.3. The van der Waals surface area contributed by atoms with Gasteiger partial charge in [0.05, 0.1) is 23.0 Å². The van der Waals surface area contributed by atoms with Gasteiger partial charge in [0, 0.05) is 51.3 Å². The van der Waals surface area contributed by atoms with Gasteiger partial charge >= 0.3 is 0 Å². The molecule has 4 heterocycles. The average Bonchev–Trinajstić information content (AvgIpc) is 3.44. The van der Waals surface area contributed by atoms with Gasteiger partial charge in [0.25, 0.3) is 5.91 Å². The van der Waals surface area contributed by atoms with Gasteiger partial charge in [0.2, 0.25) is 0 Å². The molecule has 1 aromatic carbocycles. The lowest BCUT2D eigenvalue weighted by Crippen LogP contribution is -2.42. The maximum atomic E-state index is 12.6. The molecular weight excluding hydrogens is 364 g/mol. The van der Waals surface area contributed by atoms with Gasteiger partial charge in [-0.2, -0.15) is 5.10 Å². The first-order valence-electron chi connectivity index (χ1n) is 10.8. The maximum Gasteiger partial charge on any atom is 0.254 e. The second kappa shape index (κ2) is 7.26. The summed E-state index contributed by atoms with van der Waals surface area (Å²) in [7, 11) is 1.85. The normalized spacial score (nSPS) is 30.6. The molecule has 4 atom stereocenters. The van der Waals surface area contributed by atoms with Gasteiger partial charge in [-0.1, -0.05) is 30.3 Å². The summed E-state index contributed by atoms with van der Waals surface area (Å²) in [4.78, 5) is 15.2. The molecule has 1 aromatic heterocycles. The van der Waals surface area contributed by atoms with E-state index < -0.39 is 0 Å². The van der Waals surface area contributed by atoms with Gasteiger partial charge in [0.15, 0.2) is 0 Å². The van der Waals surface area contributed by atoms with Gasteiger partial charge in [-0.15, -0.1) is 0 Å². The lowest BCUT2D eigenvalue weighted by molar-refractivity contribution is 0.00286. The van der Waals surface area contributed by atoms with Crippen molar-refractivity contribution in [3.8, 4) is 0 Å². The number of aromatic nitrogens is 2. The summed E-state index contributed by atoms with van der Waals surface area (Å²) in [5.74, 6) is 0.907. The Morgan fingerprint density at radius 2 is 2.17 bits per heavy atom. The molecule has 29 heavy (non-hydrogen) atoms. The van der Waals surface area contributed by atoms with Crippen LogP contribution in [-0.2, 0) is 18.2 Å². The largest absolute Gasteiger partial charge is 0.370 e. The number of hydrogen-bond donors (Lipinski definition) is 1. The summed E-state index contributed by atoms with van der Waals surface area (Å²) in [6, 6.07) is 10.7. The van der Waals surface area contributed by atoms with Crippen LogP contribution in [0.1, 0.15) is 34.5 Å². The minimum atomic E-state index is -0.0219. The van der Waals surface area contributed by atoms with Crippen molar-refractivity contribution in [2.24, 2.45) is 18.9 Å². The highest BCUT2D eigenvalue weighted by Gasteiger charge is 2.62. The molecule has 6 heteroatoms. The van der Waals surface area contributed by atoms with Crippen LogP contribution in [0.3, 0.4) is 0 Å². The molecule has 0 radical (unpaired) electrons. The number of amides is 1. The third-order valence-corrected chi connectivity index (χ3v) is 7.17. The summed E-state index contributed by atoms with van der Waals surface area (Å²) in [5, 5.41) is 7.45. The molecule has 1 spiro atoms. The summed E-state index contributed by atoms with van der Waals surface area (Å²) in [6.07, 6.45) is 5.46. The molecular formula is C23H30N4O2. The van der Waals surface area contributed by atoms with Crippen LogP contribution in [0.4, 0.5) is 0 Å². The first-order valence-corrected chi connectivity index (χ1v) is 10.8. The number of rotatable bonds is 6. The number of carbonyl (C=O) groups is 1. The highest BCUT2D eigenvalue weighted by Crippen LogP contribution is 2.54. The number of hydrogen-bond acceptors (Lipinski definition) is 4. The molecule has 2 aromatic rings. The Bertz CT molecular complexity index is 896. The predicted octanol–water partition coefficient (Wildman–Crippen LogP) is 2.18. The van der Waals surface area contributed by atoms with E-state index in [0.29, 0.717) is 30.0 Å². The molecule has 6 nitrogen and oxygen atoms in total. The highest BCUT2D eigenvalue weighted by molar-refractivity contribution is 5.95. The second-order valence-electron chi connectivity index (χ2n) is 9.01. The second-order valence-corrected chi connectivity index (χ2v) is 9.01. The number of fused-ring (bicyclic) bond motifs is 1. The summed E-state index contributed by atoms with van der Waals surface area (Å²) < 4.78 is 8.23. The zero-order chi connectivity index (χ0) is 20.0.